The highest BCUT2D eigenvalue weighted by Crippen LogP contribution is 2.17. The molecule has 0 aromatic heterocycles. The maximum Gasteiger partial charge on any atom is 0.471 e. The van der Waals surface area contributed by atoms with Gasteiger partial charge in [-0.3, -0.25) is 9.59 Å². The van der Waals surface area contributed by atoms with E-state index < -0.39 is 18.1 Å². The topological polar surface area (TPSA) is 49.4 Å². The fourth-order valence-electron chi connectivity index (χ4n) is 1.92. The Morgan fingerprint density at radius 1 is 1.30 bits per heavy atom. The SMILES string of the molecule is CC/C(C)=C/C(=O)N1CCC(NC(=O)C(F)(F)F)CC1. The van der Waals surface area contributed by atoms with Gasteiger partial charge in [-0.15, -0.1) is 0 Å². The number of halogens is 3. The Labute approximate surface area is 116 Å². The molecule has 1 aliphatic heterocycles. The van der Waals surface area contributed by atoms with Gasteiger partial charge in [-0.2, -0.15) is 13.2 Å². The van der Waals surface area contributed by atoms with Gasteiger partial charge in [-0.05, 0) is 26.2 Å². The molecule has 7 heteroatoms. The first-order valence-electron chi connectivity index (χ1n) is 6.57. The zero-order chi connectivity index (χ0) is 15.3. The smallest absolute Gasteiger partial charge is 0.345 e. The maximum absolute atomic E-state index is 12.1. The average Bonchev–Trinajstić information content (AvgIpc) is 2.38. The number of carbonyl (C=O) groups excluding carboxylic acids is 2. The van der Waals surface area contributed by atoms with Crippen molar-refractivity contribution in [2.24, 2.45) is 0 Å². The fourth-order valence-corrected chi connectivity index (χ4v) is 1.92. The Morgan fingerprint density at radius 3 is 2.30 bits per heavy atom. The standard InChI is InChI=1S/C13H19F3N2O2/c1-3-9(2)8-11(19)18-6-4-10(5-7-18)17-12(20)13(14,15)16/h8,10H,3-7H2,1-2H3,(H,17,20)/b9-8+. The Bertz CT molecular complexity index is 397. The summed E-state index contributed by atoms with van der Waals surface area (Å²) in [4.78, 5) is 24.2. The third kappa shape index (κ3) is 4.86. The zero-order valence-corrected chi connectivity index (χ0v) is 11.6. The Kier molecular flexibility index (Phi) is 5.59. The number of hydrogen-bond donors (Lipinski definition) is 1. The number of carbonyl (C=O) groups is 2. The van der Waals surface area contributed by atoms with E-state index in [2.05, 4.69) is 0 Å². The van der Waals surface area contributed by atoms with E-state index in [0.29, 0.717) is 25.9 Å². The van der Waals surface area contributed by atoms with E-state index in [4.69, 9.17) is 0 Å². The molecule has 0 unspecified atom stereocenters. The fraction of sp³-hybridized carbons (Fsp3) is 0.692. The molecule has 1 N–H and O–H groups in total. The van der Waals surface area contributed by atoms with Gasteiger partial charge in [-0.1, -0.05) is 12.5 Å². The van der Waals surface area contributed by atoms with Gasteiger partial charge < -0.3 is 10.2 Å². The molecule has 0 aliphatic carbocycles. The highest BCUT2D eigenvalue weighted by Gasteiger charge is 2.40. The van der Waals surface area contributed by atoms with E-state index in [9.17, 15) is 22.8 Å². The normalized spacial score (nSPS) is 18.1. The minimum atomic E-state index is -4.85. The molecule has 114 valence electrons. The van der Waals surface area contributed by atoms with E-state index >= 15 is 0 Å². The van der Waals surface area contributed by atoms with Gasteiger partial charge in [0.15, 0.2) is 0 Å². The van der Waals surface area contributed by atoms with Crippen LogP contribution in [0, 0.1) is 0 Å². The Morgan fingerprint density at radius 2 is 1.85 bits per heavy atom. The first-order valence-corrected chi connectivity index (χ1v) is 6.57. The van der Waals surface area contributed by atoms with Crippen LogP contribution in [0.15, 0.2) is 11.6 Å². The van der Waals surface area contributed by atoms with Crippen molar-refractivity contribution < 1.29 is 22.8 Å². The van der Waals surface area contributed by atoms with E-state index in [1.165, 1.54) is 0 Å². The molecule has 0 saturated carbocycles. The lowest BCUT2D eigenvalue weighted by atomic mass is 10.0. The van der Waals surface area contributed by atoms with Gasteiger partial charge >= 0.3 is 12.1 Å². The van der Waals surface area contributed by atoms with Crippen molar-refractivity contribution in [3.63, 3.8) is 0 Å². The summed E-state index contributed by atoms with van der Waals surface area (Å²) in [5, 5.41) is 1.95. The van der Waals surface area contributed by atoms with Crippen LogP contribution in [0.2, 0.25) is 0 Å². The molecule has 0 atom stereocenters. The molecule has 1 heterocycles. The number of alkyl halides is 3. The number of likely N-dealkylation sites (tertiary alicyclic amines) is 1. The first kappa shape index (κ1) is 16.5. The Balaban J connectivity index is 2.44. The molecule has 1 aliphatic rings. The van der Waals surface area contributed by atoms with Gasteiger partial charge in [0, 0.05) is 25.2 Å². The number of allylic oxidation sites excluding steroid dienone is 1. The van der Waals surface area contributed by atoms with Crippen molar-refractivity contribution in [3.05, 3.63) is 11.6 Å². The van der Waals surface area contributed by atoms with E-state index in [1.54, 1.807) is 11.0 Å². The zero-order valence-electron chi connectivity index (χ0n) is 11.6. The van der Waals surface area contributed by atoms with E-state index in [-0.39, 0.29) is 5.91 Å². The third-order valence-corrected chi connectivity index (χ3v) is 3.33. The van der Waals surface area contributed by atoms with E-state index in [0.717, 1.165) is 12.0 Å². The minimum absolute atomic E-state index is 0.120. The monoisotopic (exact) mass is 292 g/mol. The predicted molar refractivity (Wildman–Crippen MR) is 67.8 cm³/mol. The Hall–Kier alpha value is -1.53. The molecule has 0 bridgehead atoms. The summed E-state index contributed by atoms with van der Waals surface area (Å²) in [6.07, 6.45) is -1.84. The lowest BCUT2D eigenvalue weighted by molar-refractivity contribution is -0.174. The van der Waals surface area contributed by atoms with Crippen LogP contribution in [0.3, 0.4) is 0 Å². The number of rotatable bonds is 3. The third-order valence-electron chi connectivity index (χ3n) is 3.33. The molecule has 1 rings (SSSR count). The number of piperidine rings is 1. The van der Waals surface area contributed by atoms with Crippen molar-refractivity contribution in [2.75, 3.05) is 13.1 Å². The summed E-state index contributed by atoms with van der Waals surface area (Å²) in [7, 11) is 0. The molecule has 0 aromatic rings. The largest absolute Gasteiger partial charge is 0.471 e. The van der Waals surface area contributed by atoms with Gasteiger partial charge in [0.05, 0.1) is 0 Å². The molecule has 1 fully saturated rings. The van der Waals surface area contributed by atoms with Crippen LogP contribution in [0.25, 0.3) is 0 Å². The number of nitrogens with zero attached hydrogens (tertiary/aromatic N) is 1. The van der Waals surface area contributed by atoms with Gasteiger partial charge in [0.25, 0.3) is 0 Å². The average molecular weight is 292 g/mol. The van der Waals surface area contributed by atoms with Crippen LogP contribution >= 0.6 is 0 Å². The highest BCUT2D eigenvalue weighted by atomic mass is 19.4. The lowest BCUT2D eigenvalue weighted by Gasteiger charge is -2.32. The quantitative estimate of drug-likeness (QED) is 0.809. The molecule has 2 amide bonds. The predicted octanol–water partition coefficient (Wildman–Crippen LogP) is 2.01. The second kappa shape index (κ2) is 6.76. The summed E-state index contributed by atoms with van der Waals surface area (Å²) in [6, 6.07) is -0.524. The number of amides is 2. The molecular formula is C13H19F3N2O2. The van der Waals surface area contributed by atoms with Crippen molar-refractivity contribution in [1.29, 1.82) is 0 Å². The molecule has 0 spiro atoms. The molecule has 4 nitrogen and oxygen atoms in total. The summed E-state index contributed by atoms with van der Waals surface area (Å²) in [5.41, 5.74) is 0.961. The van der Waals surface area contributed by atoms with Crippen LogP contribution in [0.4, 0.5) is 13.2 Å². The molecule has 1 saturated heterocycles. The number of hydrogen-bond acceptors (Lipinski definition) is 2. The van der Waals surface area contributed by atoms with Gasteiger partial charge in [0.1, 0.15) is 0 Å². The van der Waals surface area contributed by atoms with Gasteiger partial charge in [-0.25, -0.2) is 0 Å². The van der Waals surface area contributed by atoms with Crippen molar-refractivity contribution >= 4 is 11.8 Å². The van der Waals surface area contributed by atoms with Crippen molar-refractivity contribution in [3.8, 4) is 0 Å². The summed E-state index contributed by atoms with van der Waals surface area (Å²) >= 11 is 0. The number of nitrogens with one attached hydrogen (secondary N) is 1. The summed E-state index contributed by atoms with van der Waals surface area (Å²) in [6.45, 7) is 4.51. The van der Waals surface area contributed by atoms with Gasteiger partial charge in [0.2, 0.25) is 5.91 Å². The van der Waals surface area contributed by atoms with Crippen LogP contribution < -0.4 is 5.32 Å². The summed E-state index contributed by atoms with van der Waals surface area (Å²) < 4.78 is 36.3. The highest BCUT2D eigenvalue weighted by molar-refractivity contribution is 5.88. The van der Waals surface area contributed by atoms with Crippen LogP contribution in [0.5, 0.6) is 0 Å². The summed E-state index contributed by atoms with van der Waals surface area (Å²) in [5.74, 6) is -2.03. The lowest BCUT2D eigenvalue weighted by Crippen LogP contribution is -2.49. The van der Waals surface area contributed by atoms with E-state index in [1.807, 2.05) is 19.2 Å². The molecule has 0 radical (unpaired) electrons. The molecule has 0 aromatic carbocycles. The van der Waals surface area contributed by atoms with Crippen molar-refractivity contribution in [1.82, 2.24) is 10.2 Å². The van der Waals surface area contributed by atoms with Crippen LogP contribution in [-0.2, 0) is 9.59 Å². The second-order valence-corrected chi connectivity index (χ2v) is 4.92. The van der Waals surface area contributed by atoms with Crippen LogP contribution in [-0.4, -0.2) is 42.0 Å². The first-order chi connectivity index (χ1) is 9.24. The van der Waals surface area contributed by atoms with Crippen molar-refractivity contribution in [2.45, 2.75) is 45.3 Å². The molecular weight excluding hydrogens is 273 g/mol. The second-order valence-electron chi connectivity index (χ2n) is 4.92. The minimum Gasteiger partial charge on any atom is -0.345 e. The molecule has 20 heavy (non-hydrogen) atoms. The van der Waals surface area contributed by atoms with Crippen LogP contribution in [0.1, 0.15) is 33.1 Å². The maximum atomic E-state index is 12.1.